The molecule has 0 unspecified atom stereocenters. The van der Waals surface area contributed by atoms with Crippen LogP contribution in [-0.4, -0.2) is 24.6 Å². The summed E-state index contributed by atoms with van der Waals surface area (Å²) in [6, 6.07) is 13.9. The Morgan fingerprint density at radius 2 is 1.49 bits per heavy atom. The van der Waals surface area contributed by atoms with Crippen LogP contribution in [0.4, 0.5) is 10.5 Å². The van der Waals surface area contributed by atoms with Crippen LogP contribution < -0.4 is 15.4 Å². The molecule has 0 aliphatic heterocycles. The van der Waals surface area contributed by atoms with E-state index in [0.717, 1.165) is 48.3 Å². The second-order valence-corrected chi connectivity index (χ2v) is 10.3. The number of nitrogens with one attached hydrogen (secondary N) is 2. The molecule has 0 radical (unpaired) electrons. The monoisotopic (exact) mass is 476 g/mol. The van der Waals surface area contributed by atoms with Crippen molar-refractivity contribution in [3.05, 3.63) is 59.7 Å². The third-order valence-electron chi connectivity index (χ3n) is 7.76. The molecule has 0 aromatic heterocycles. The predicted molar refractivity (Wildman–Crippen MR) is 131 cm³/mol. The molecule has 4 aliphatic rings. The molecule has 0 atom stereocenters. The van der Waals surface area contributed by atoms with E-state index in [9.17, 15) is 14.4 Å². The summed E-state index contributed by atoms with van der Waals surface area (Å²) in [6.45, 7) is 2.29. The van der Waals surface area contributed by atoms with Gasteiger partial charge in [-0.05, 0) is 105 Å². The number of carbonyl (C=O) groups is 3. The van der Waals surface area contributed by atoms with Gasteiger partial charge in [-0.15, -0.1) is 0 Å². The Hall–Kier alpha value is -3.35. The standard InChI is InChI=1S/C28H32N2O5/c1-2-34-27(33)35-24-9-5-22(6-10-24)25(31)29-17-18-3-7-23(8-4-18)30-26(32)28-14-19-11-20(15-28)13-21(12-19)16-28/h3-10,19-21H,2,11-17H2,1H3,(H,29,31)(H,30,32). The molecule has 2 amide bonds. The van der Waals surface area contributed by atoms with Crippen LogP contribution in [-0.2, 0) is 16.1 Å². The minimum Gasteiger partial charge on any atom is -0.434 e. The van der Waals surface area contributed by atoms with Gasteiger partial charge in [0, 0.05) is 17.8 Å². The van der Waals surface area contributed by atoms with Crippen molar-refractivity contribution in [1.82, 2.24) is 5.32 Å². The number of rotatable bonds is 7. The van der Waals surface area contributed by atoms with Crippen LogP contribution in [0.25, 0.3) is 0 Å². The summed E-state index contributed by atoms with van der Waals surface area (Å²) in [7, 11) is 0. The number of amides is 2. The van der Waals surface area contributed by atoms with Crippen molar-refractivity contribution in [2.24, 2.45) is 23.2 Å². The minimum absolute atomic E-state index is 0.168. The molecule has 0 spiro atoms. The van der Waals surface area contributed by atoms with Gasteiger partial charge in [0.2, 0.25) is 5.91 Å². The highest BCUT2D eigenvalue weighted by molar-refractivity contribution is 5.96. The number of benzene rings is 2. The van der Waals surface area contributed by atoms with Crippen molar-refractivity contribution < 1.29 is 23.9 Å². The number of hydrogen-bond acceptors (Lipinski definition) is 5. The maximum Gasteiger partial charge on any atom is 0.513 e. The Bertz CT molecular complexity index is 1060. The Morgan fingerprint density at radius 1 is 0.886 bits per heavy atom. The second-order valence-electron chi connectivity index (χ2n) is 10.3. The van der Waals surface area contributed by atoms with Crippen molar-refractivity contribution in [2.75, 3.05) is 11.9 Å². The smallest absolute Gasteiger partial charge is 0.434 e. The average Bonchev–Trinajstić information content (AvgIpc) is 2.83. The zero-order valence-electron chi connectivity index (χ0n) is 20.0. The molecule has 2 aromatic carbocycles. The number of ether oxygens (including phenoxy) is 2. The van der Waals surface area contributed by atoms with Crippen LogP contribution in [0.15, 0.2) is 48.5 Å². The first kappa shape index (κ1) is 23.4. The summed E-state index contributed by atoms with van der Waals surface area (Å²) in [6.07, 6.45) is 6.32. The molecule has 4 bridgehead atoms. The molecule has 7 heteroatoms. The van der Waals surface area contributed by atoms with Crippen LogP contribution in [0.5, 0.6) is 5.75 Å². The van der Waals surface area contributed by atoms with Crippen LogP contribution in [0, 0.1) is 23.2 Å². The average molecular weight is 477 g/mol. The topological polar surface area (TPSA) is 93.7 Å². The van der Waals surface area contributed by atoms with Crippen molar-refractivity contribution in [1.29, 1.82) is 0 Å². The summed E-state index contributed by atoms with van der Waals surface area (Å²) in [5.74, 6) is 2.48. The molecular weight excluding hydrogens is 444 g/mol. The van der Waals surface area contributed by atoms with Crippen molar-refractivity contribution >= 4 is 23.7 Å². The molecule has 6 rings (SSSR count). The van der Waals surface area contributed by atoms with E-state index >= 15 is 0 Å². The van der Waals surface area contributed by atoms with Crippen LogP contribution in [0.1, 0.15) is 61.4 Å². The van der Waals surface area contributed by atoms with Gasteiger partial charge in [0.1, 0.15) is 5.75 Å². The molecule has 4 fully saturated rings. The Balaban J connectivity index is 1.12. The molecule has 184 valence electrons. The molecular formula is C28H32N2O5. The first-order chi connectivity index (χ1) is 16.9. The summed E-state index contributed by atoms with van der Waals surface area (Å²) in [5, 5.41) is 6.06. The van der Waals surface area contributed by atoms with Crippen molar-refractivity contribution in [3.8, 4) is 5.75 Å². The lowest BCUT2D eigenvalue weighted by Gasteiger charge is -2.55. The maximum atomic E-state index is 13.2. The SMILES string of the molecule is CCOC(=O)Oc1ccc(C(=O)NCc2ccc(NC(=O)C34CC5CC(CC(C5)C3)C4)cc2)cc1. The van der Waals surface area contributed by atoms with Crippen LogP contribution in [0.3, 0.4) is 0 Å². The van der Waals surface area contributed by atoms with Gasteiger partial charge in [-0.3, -0.25) is 9.59 Å². The van der Waals surface area contributed by atoms with E-state index in [-0.39, 0.29) is 23.8 Å². The lowest BCUT2D eigenvalue weighted by atomic mass is 9.49. The van der Waals surface area contributed by atoms with E-state index in [4.69, 9.17) is 9.47 Å². The van der Waals surface area contributed by atoms with E-state index in [2.05, 4.69) is 10.6 Å². The fraction of sp³-hybridized carbons (Fsp3) is 0.464. The molecule has 4 saturated carbocycles. The molecule has 35 heavy (non-hydrogen) atoms. The summed E-state index contributed by atoms with van der Waals surface area (Å²) in [4.78, 5) is 37.1. The van der Waals surface area contributed by atoms with E-state index in [1.165, 1.54) is 19.3 Å². The summed E-state index contributed by atoms with van der Waals surface area (Å²) >= 11 is 0. The van der Waals surface area contributed by atoms with E-state index in [1.807, 2.05) is 24.3 Å². The number of hydrogen-bond donors (Lipinski definition) is 2. The highest BCUT2D eigenvalue weighted by Gasteiger charge is 2.54. The van der Waals surface area contributed by atoms with Crippen molar-refractivity contribution in [3.63, 3.8) is 0 Å². The van der Waals surface area contributed by atoms with E-state index in [0.29, 0.717) is 17.9 Å². The quantitative estimate of drug-likeness (QED) is 0.417. The minimum atomic E-state index is -0.776. The Kier molecular flexibility index (Phi) is 6.50. The molecule has 2 aromatic rings. The molecule has 7 nitrogen and oxygen atoms in total. The zero-order valence-corrected chi connectivity index (χ0v) is 20.0. The normalized spacial score (nSPS) is 26.1. The van der Waals surface area contributed by atoms with Crippen LogP contribution in [0.2, 0.25) is 0 Å². The summed E-state index contributed by atoms with van der Waals surface area (Å²) < 4.78 is 9.73. The number of anilines is 1. The Labute approximate surface area is 205 Å². The van der Waals surface area contributed by atoms with E-state index < -0.39 is 6.16 Å². The fourth-order valence-corrected chi connectivity index (χ4v) is 6.56. The Morgan fingerprint density at radius 3 is 2.06 bits per heavy atom. The third kappa shape index (κ3) is 5.19. The first-order valence-electron chi connectivity index (χ1n) is 12.6. The lowest BCUT2D eigenvalue weighted by Crippen LogP contribution is -2.51. The zero-order chi connectivity index (χ0) is 24.4. The van der Waals surface area contributed by atoms with Gasteiger partial charge < -0.3 is 20.1 Å². The van der Waals surface area contributed by atoms with Gasteiger partial charge in [-0.1, -0.05) is 12.1 Å². The second kappa shape index (κ2) is 9.72. The van der Waals surface area contributed by atoms with Crippen molar-refractivity contribution in [2.45, 2.75) is 52.0 Å². The van der Waals surface area contributed by atoms with E-state index in [1.54, 1.807) is 31.2 Å². The molecule has 2 N–H and O–H groups in total. The third-order valence-corrected chi connectivity index (χ3v) is 7.76. The molecule has 4 aliphatic carbocycles. The lowest BCUT2D eigenvalue weighted by molar-refractivity contribution is -0.140. The molecule has 0 heterocycles. The summed E-state index contributed by atoms with van der Waals surface area (Å²) in [5.41, 5.74) is 2.03. The molecule has 0 saturated heterocycles. The van der Waals surface area contributed by atoms with Crippen LogP contribution >= 0.6 is 0 Å². The maximum absolute atomic E-state index is 13.2. The van der Waals surface area contributed by atoms with Gasteiger partial charge >= 0.3 is 6.16 Å². The van der Waals surface area contributed by atoms with Gasteiger partial charge in [0.15, 0.2) is 0 Å². The highest BCUT2D eigenvalue weighted by Crippen LogP contribution is 2.60. The van der Waals surface area contributed by atoms with Gasteiger partial charge in [0.25, 0.3) is 5.91 Å². The first-order valence-corrected chi connectivity index (χ1v) is 12.6. The van der Waals surface area contributed by atoms with Gasteiger partial charge in [-0.25, -0.2) is 4.79 Å². The predicted octanol–water partition coefficient (Wildman–Crippen LogP) is 5.31. The largest absolute Gasteiger partial charge is 0.513 e. The number of carbonyl (C=O) groups excluding carboxylic acids is 3. The fourth-order valence-electron chi connectivity index (χ4n) is 6.56. The van der Waals surface area contributed by atoms with Gasteiger partial charge in [-0.2, -0.15) is 0 Å². The van der Waals surface area contributed by atoms with Gasteiger partial charge in [0.05, 0.1) is 12.0 Å². The highest BCUT2D eigenvalue weighted by atomic mass is 16.7.